The van der Waals surface area contributed by atoms with E-state index in [9.17, 15) is 79.6 Å². The minimum Gasteiger partial charge on any atom is -0.465 e. The first-order valence-corrected chi connectivity index (χ1v) is 47.1. The molecule has 8 N–H and O–H groups in total. The van der Waals surface area contributed by atoms with Gasteiger partial charge in [-0.3, -0.25) is 18.3 Å². The molecule has 0 bridgehead atoms. The Morgan fingerprint density at radius 2 is 1.40 bits per heavy atom. The number of nitrogens with one attached hydrogen (secondary N) is 4. The summed E-state index contributed by atoms with van der Waals surface area (Å²) in [5, 5.41) is 31.6. The highest BCUT2D eigenvalue weighted by atomic mass is 35.5. The Kier molecular flexibility index (Phi) is 28.8. The number of carbonyl (C=O) groups is 1. The molecule has 0 radical (unpaired) electrons. The molecule has 0 amide bonds. The first kappa shape index (κ1) is 90.7. The third kappa shape index (κ3) is 22.9. The van der Waals surface area contributed by atoms with Crippen molar-refractivity contribution in [3.8, 4) is 33.6 Å². The van der Waals surface area contributed by atoms with Crippen LogP contribution < -0.4 is 29.9 Å². The van der Waals surface area contributed by atoms with Gasteiger partial charge in [0.2, 0.25) is 0 Å². The maximum Gasteiger partial charge on any atom is 0.501 e. The number of sulfone groups is 2. The molecule has 3 fully saturated rings. The number of anilines is 5. The Morgan fingerprint density at radius 1 is 0.746 bits per heavy atom. The van der Waals surface area contributed by atoms with Crippen LogP contribution >= 0.6 is 42.7 Å². The number of nitrogens with zero attached hydrogens (tertiary/aromatic N) is 7. The summed E-state index contributed by atoms with van der Waals surface area (Å²) in [7, 11) is -22.0. The van der Waals surface area contributed by atoms with Gasteiger partial charge in [-0.25, -0.2) is 34.6 Å². The monoisotopic (exact) mass is 1800 g/mol. The first-order valence-electron chi connectivity index (χ1n) is 36.8. The highest BCUT2D eigenvalue weighted by Gasteiger charge is 2.49. The van der Waals surface area contributed by atoms with Crippen molar-refractivity contribution >= 4 is 123 Å². The predicted octanol–water partition coefficient (Wildman–Crippen LogP) is 12.9. The van der Waals surface area contributed by atoms with E-state index < -0.39 is 128 Å². The second kappa shape index (κ2) is 37.5. The molecule has 12 rings (SSSR count). The van der Waals surface area contributed by atoms with E-state index in [2.05, 4.69) is 39.2 Å². The number of rotatable bonds is 30. The molecule has 42 heteroatoms. The van der Waals surface area contributed by atoms with E-state index >= 15 is 4.39 Å². The standard InChI is InChI=1S/C57H66ClF4N6O11PS4.C19H20F3N5O5S2/c1-38(2)68-39(3)55(82(4,73)74)53(54(68)40-11-13-43(58)14-12-40)42-33-44(59)35-48(34-42)67-29-27-66(28-30-67)47-17-15-45(16-18-47)64-84(77,78)50-19-20-51(52(36-50)83(75,76)57(60,61)62)63-46(37-81-49-9-6-5-7-10-49)23-26-65-24-21-41(22-25-65)56(69)79-31-8-32-80(70,71)72;1-32-34(30,31)26-14-8-13(17(28)18(14)29)24-15-5-6-23-16-9-12(25-27(15)16)10-3-2-4-11(7-10)33-19(20,21)22/h5-7,9-20,33-36,38,41,46,63-64H,8,21-32,37H2,1-4H3,(H2,70,71,72);2-7,9,13-14,17-18,24,26,28-29H,8H2,1H3. The maximum absolute atomic E-state index is 15.8. The van der Waals surface area contributed by atoms with Gasteiger partial charge < -0.3 is 54.6 Å². The number of aromatic nitrogens is 4. The van der Waals surface area contributed by atoms with Crippen LogP contribution in [0.5, 0.6) is 0 Å². The molecule has 5 unspecified atom stereocenters. The van der Waals surface area contributed by atoms with Crippen molar-refractivity contribution in [1.29, 1.82) is 0 Å². The Balaban J connectivity index is 0.000000332. The molecule has 2 aliphatic heterocycles. The van der Waals surface area contributed by atoms with Crippen molar-refractivity contribution in [3.63, 3.8) is 0 Å². The van der Waals surface area contributed by atoms with E-state index in [4.69, 9.17) is 26.1 Å². The van der Waals surface area contributed by atoms with Crippen molar-refractivity contribution in [2.24, 2.45) is 5.92 Å². The number of benzene rings is 6. The molecule has 3 aromatic heterocycles. The lowest BCUT2D eigenvalue weighted by molar-refractivity contribution is -0.150. The minimum absolute atomic E-state index is 0.0139. The summed E-state index contributed by atoms with van der Waals surface area (Å²) in [5.74, 6) is -0.816. The molecule has 3 aliphatic rings. The molecule has 1 aliphatic carbocycles. The molecule has 1 saturated carbocycles. The number of carbonyl (C=O) groups excluding carboxylic acids is 1. The van der Waals surface area contributed by atoms with E-state index in [1.165, 1.54) is 64.9 Å². The summed E-state index contributed by atoms with van der Waals surface area (Å²) in [6.45, 7) is 8.56. The fourth-order valence-corrected chi connectivity index (χ4v) is 20.6. The fourth-order valence-electron chi connectivity index (χ4n) is 14.3. The Hall–Kier alpha value is -8.06. The zero-order valence-electron chi connectivity index (χ0n) is 63.9. The van der Waals surface area contributed by atoms with Crippen LogP contribution in [0.2, 0.25) is 5.02 Å². The van der Waals surface area contributed by atoms with Gasteiger partial charge in [0, 0.05) is 118 Å². The number of hydrogen-bond donors (Lipinski definition) is 8. The lowest BCUT2D eigenvalue weighted by Crippen LogP contribution is -2.46. The smallest absolute Gasteiger partial charge is 0.465 e. The topological polar surface area (TPSA) is 363 Å². The molecule has 0 spiro atoms. The van der Waals surface area contributed by atoms with E-state index in [-0.39, 0.29) is 58.5 Å². The maximum atomic E-state index is 15.8. The van der Waals surface area contributed by atoms with E-state index in [0.717, 1.165) is 30.4 Å². The van der Waals surface area contributed by atoms with Crippen LogP contribution in [0.15, 0.2) is 182 Å². The summed E-state index contributed by atoms with van der Waals surface area (Å²) in [6.07, 6.45) is 0.732. The van der Waals surface area contributed by atoms with Crippen LogP contribution in [0.3, 0.4) is 0 Å². The van der Waals surface area contributed by atoms with Gasteiger partial charge in [-0.15, -0.1) is 11.8 Å². The fraction of sp³-hybridized carbons (Fsp3) is 0.382. The molecular formula is C76H86ClF7N11O16PS6. The summed E-state index contributed by atoms with van der Waals surface area (Å²) in [6, 6.07) is 35.9. The number of halogens is 8. The number of hydrogen-bond acceptors (Lipinski definition) is 23. The summed E-state index contributed by atoms with van der Waals surface area (Å²) in [4.78, 5) is 40.0. The molecular weight excluding hydrogens is 1710 g/mol. The predicted molar refractivity (Wildman–Crippen MR) is 438 cm³/mol. The summed E-state index contributed by atoms with van der Waals surface area (Å²) in [5.41, 5.74) is -5.59. The van der Waals surface area contributed by atoms with Crippen LogP contribution in [0, 0.1) is 18.7 Å². The van der Waals surface area contributed by atoms with Crippen LogP contribution in [0.1, 0.15) is 57.7 Å². The second-order valence-electron chi connectivity index (χ2n) is 28.6. The van der Waals surface area contributed by atoms with Gasteiger partial charge in [0.05, 0.1) is 70.9 Å². The Morgan fingerprint density at radius 3 is 2.03 bits per heavy atom. The first-order chi connectivity index (χ1) is 55.4. The average Bonchev–Trinajstić information content (AvgIpc) is 1.58. The van der Waals surface area contributed by atoms with Crippen LogP contribution in [-0.4, -0.2) is 203 Å². The highest BCUT2D eigenvalue weighted by Crippen LogP contribution is 2.46. The van der Waals surface area contributed by atoms with Crippen molar-refractivity contribution < 1.29 is 103 Å². The molecule has 27 nitrogen and oxygen atoms in total. The van der Waals surface area contributed by atoms with Gasteiger partial charge in [-0.1, -0.05) is 54.1 Å². The van der Waals surface area contributed by atoms with E-state index in [0.29, 0.717) is 138 Å². The van der Waals surface area contributed by atoms with Gasteiger partial charge in [0.1, 0.15) is 22.6 Å². The molecule has 118 heavy (non-hydrogen) atoms. The lowest BCUT2D eigenvalue weighted by Gasteiger charge is -2.37. The number of esters is 1. The SMILES string of the molecule is COS(=O)(=O)NC1CC(Nc2ccnc3cc(-c4cccc(SC(F)(F)F)c4)nn23)C(O)C1O.Cc1c(S(C)(=O)=O)c(-c2cc(F)cc(N3CCN(c4ccc(NS(=O)(=O)c5ccc(NC(CCN6CCC(C(=O)OCCCP(=O)(O)O)CC6)CSc6ccccc6)c(S(=O)(=O)C(F)(F)F)c5)cc4)CC3)c2)c(-c2ccc(Cl)cc2)n1C(C)C. The van der Waals surface area contributed by atoms with Gasteiger partial charge >= 0.3 is 34.9 Å². The number of aliphatic hydroxyl groups excluding tert-OH is 2. The van der Waals surface area contributed by atoms with Crippen LogP contribution in [0.25, 0.3) is 39.3 Å². The van der Waals surface area contributed by atoms with Crippen molar-refractivity contribution in [1.82, 2.24) is 28.8 Å². The number of sulfonamides is 1. The number of piperazine rings is 1. The van der Waals surface area contributed by atoms with Crippen molar-refractivity contribution in [2.45, 2.75) is 125 Å². The second-order valence-corrected chi connectivity index (χ2v) is 40.1. The number of piperidine rings is 1. The third-order valence-electron chi connectivity index (χ3n) is 19.9. The molecule has 6 aromatic carbocycles. The van der Waals surface area contributed by atoms with E-state index in [1.807, 2.05) is 58.5 Å². The summed E-state index contributed by atoms with van der Waals surface area (Å²) >= 11 is 7.41. The third-order valence-corrected chi connectivity index (χ3v) is 28.1. The van der Waals surface area contributed by atoms with Crippen LogP contribution in [-0.2, 0) is 58.3 Å². The Labute approximate surface area is 691 Å². The van der Waals surface area contributed by atoms with Crippen molar-refractivity contribution in [2.75, 3.05) is 103 Å². The molecule has 5 atom stereocenters. The zero-order chi connectivity index (χ0) is 85.6. The molecule has 9 aromatic rings. The van der Waals surface area contributed by atoms with Gasteiger partial charge in [-0.05, 0) is 192 Å². The number of likely N-dealkylation sites (tertiary alicyclic amines) is 1. The number of alkyl halides is 6. The number of ether oxygens (including phenoxy) is 1. The van der Waals surface area contributed by atoms with Gasteiger partial charge in [-0.2, -0.15) is 49.1 Å². The number of aliphatic hydroxyl groups is 2. The van der Waals surface area contributed by atoms with Gasteiger partial charge in [0.15, 0.2) is 15.5 Å². The molecule has 5 heterocycles. The normalized spacial score (nSPS) is 17.8. The molecule has 2 saturated heterocycles. The van der Waals surface area contributed by atoms with E-state index in [1.54, 1.807) is 67.6 Å². The molecule has 638 valence electrons. The zero-order valence-corrected chi connectivity index (χ0v) is 70.4. The lowest BCUT2D eigenvalue weighted by atomic mass is 9.96. The van der Waals surface area contributed by atoms with Gasteiger partial charge in [0.25, 0.3) is 19.9 Å². The van der Waals surface area contributed by atoms with Crippen molar-refractivity contribution in [3.05, 3.63) is 174 Å². The minimum atomic E-state index is -6.13. The Bertz CT molecular complexity index is 5590. The largest absolute Gasteiger partial charge is 0.501 e. The average molecular weight is 1800 g/mol. The summed E-state index contributed by atoms with van der Waals surface area (Å²) < 4.78 is 231. The number of fused-ring (bicyclic) bond motifs is 1. The van der Waals surface area contributed by atoms with Crippen LogP contribution in [0.4, 0.5) is 59.3 Å². The highest BCUT2D eigenvalue weighted by molar-refractivity contribution is 8.00. The number of thioether (sulfide) groups is 2. The quantitative estimate of drug-likeness (QED) is 0.00681.